The van der Waals surface area contributed by atoms with Crippen molar-refractivity contribution in [3.8, 4) is 16.9 Å². The van der Waals surface area contributed by atoms with E-state index in [9.17, 15) is 5.11 Å². The summed E-state index contributed by atoms with van der Waals surface area (Å²) in [4.78, 5) is 6.61. The quantitative estimate of drug-likeness (QED) is 0.349. The van der Waals surface area contributed by atoms with Gasteiger partial charge in [0.1, 0.15) is 0 Å². The van der Waals surface area contributed by atoms with Crippen LogP contribution < -0.4 is 5.32 Å². The van der Waals surface area contributed by atoms with Gasteiger partial charge < -0.3 is 15.3 Å². The Bertz CT molecular complexity index is 1220. The first kappa shape index (κ1) is 21.4. The molecule has 6 heteroatoms. The highest BCUT2D eigenvalue weighted by Gasteiger charge is 2.11. The summed E-state index contributed by atoms with van der Waals surface area (Å²) >= 11 is 12.2. The Kier molecular flexibility index (Phi) is 6.33. The summed E-state index contributed by atoms with van der Waals surface area (Å²) in [6.45, 7) is 0.995. The van der Waals surface area contributed by atoms with Crippen molar-refractivity contribution in [2.75, 3.05) is 26.0 Å². The van der Waals surface area contributed by atoms with Crippen LogP contribution in [0.2, 0.25) is 10.0 Å². The molecule has 3 aromatic carbocycles. The lowest BCUT2D eigenvalue weighted by Crippen LogP contribution is -2.15. The number of benzene rings is 3. The van der Waals surface area contributed by atoms with Crippen LogP contribution in [0.25, 0.3) is 22.0 Å². The van der Waals surface area contributed by atoms with Crippen molar-refractivity contribution >= 4 is 45.5 Å². The summed E-state index contributed by atoms with van der Waals surface area (Å²) in [5, 5.41) is 14.7. The maximum atomic E-state index is 9.86. The van der Waals surface area contributed by atoms with Gasteiger partial charge in [-0.3, -0.25) is 4.98 Å². The Balaban J connectivity index is 1.69. The topological polar surface area (TPSA) is 48.4 Å². The zero-order valence-corrected chi connectivity index (χ0v) is 18.8. The van der Waals surface area contributed by atoms with Gasteiger partial charge in [-0.05, 0) is 73.6 Å². The summed E-state index contributed by atoms with van der Waals surface area (Å²) < 4.78 is 0. The van der Waals surface area contributed by atoms with Crippen LogP contribution in [0.5, 0.6) is 5.75 Å². The maximum Gasteiger partial charge on any atom is 0.152 e. The van der Waals surface area contributed by atoms with Crippen molar-refractivity contribution in [3.63, 3.8) is 0 Å². The smallest absolute Gasteiger partial charge is 0.152 e. The Morgan fingerprint density at radius 1 is 1.00 bits per heavy atom. The van der Waals surface area contributed by atoms with E-state index in [1.165, 1.54) is 5.56 Å². The molecule has 1 heterocycles. The number of nitrogens with zero attached hydrogens (tertiary/aromatic N) is 2. The molecule has 0 aliphatic carbocycles. The van der Waals surface area contributed by atoms with E-state index in [2.05, 4.69) is 53.6 Å². The molecule has 0 atom stereocenters. The van der Waals surface area contributed by atoms with Gasteiger partial charge in [0.15, 0.2) is 5.75 Å². The Morgan fingerprint density at radius 3 is 2.52 bits per heavy atom. The van der Waals surface area contributed by atoms with E-state index in [-0.39, 0.29) is 15.8 Å². The summed E-state index contributed by atoms with van der Waals surface area (Å²) in [6, 6.07) is 21.0. The molecule has 1 radical (unpaired) electrons. The normalized spacial score (nSPS) is 11.3. The largest absolute Gasteiger partial charge is 0.505 e. The number of phenolic OH excluding ortho intramolecular Hbond substituents is 1. The number of aromatic hydroxyl groups is 1. The molecule has 0 unspecified atom stereocenters. The summed E-state index contributed by atoms with van der Waals surface area (Å²) in [6.07, 6.45) is 2.66. The van der Waals surface area contributed by atoms with Gasteiger partial charge in [-0.1, -0.05) is 41.4 Å². The van der Waals surface area contributed by atoms with Gasteiger partial charge in [0.2, 0.25) is 0 Å². The fraction of sp³-hybridized carbons (Fsp3) is 0.160. The first-order valence-electron chi connectivity index (χ1n) is 9.90. The molecule has 4 aromatic rings. The monoisotopic (exact) mass is 450 g/mol. The zero-order chi connectivity index (χ0) is 22.0. The lowest BCUT2D eigenvalue weighted by molar-refractivity contribution is 0.413. The van der Waals surface area contributed by atoms with Gasteiger partial charge in [-0.25, -0.2) is 0 Å². The van der Waals surface area contributed by atoms with Crippen LogP contribution >= 0.6 is 23.2 Å². The van der Waals surface area contributed by atoms with E-state index in [1.54, 1.807) is 18.3 Å². The molecule has 0 aliphatic heterocycles. The van der Waals surface area contributed by atoms with E-state index >= 15 is 0 Å². The van der Waals surface area contributed by atoms with Crippen molar-refractivity contribution in [3.05, 3.63) is 82.5 Å². The Morgan fingerprint density at radius 2 is 1.77 bits per heavy atom. The van der Waals surface area contributed by atoms with E-state index in [0.717, 1.165) is 46.4 Å². The highest BCUT2D eigenvalue weighted by molar-refractivity contribution is 6.37. The molecule has 2 N–H and O–H groups in total. The molecule has 4 nitrogen and oxygen atoms in total. The molecule has 0 spiro atoms. The molecule has 31 heavy (non-hydrogen) atoms. The number of anilines is 2. The average molecular weight is 451 g/mol. The second-order valence-electron chi connectivity index (χ2n) is 7.68. The van der Waals surface area contributed by atoms with Gasteiger partial charge >= 0.3 is 0 Å². The molecule has 0 saturated carbocycles. The fourth-order valence-corrected chi connectivity index (χ4v) is 3.90. The number of rotatable bonds is 6. The summed E-state index contributed by atoms with van der Waals surface area (Å²) in [5.41, 5.74) is 5.69. The van der Waals surface area contributed by atoms with E-state index in [4.69, 9.17) is 23.2 Å². The minimum Gasteiger partial charge on any atom is -0.505 e. The number of hydrogen-bond acceptors (Lipinski definition) is 4. The van der Waals surface area contributed by atoms with Gasteiger partial charge in [0.05, 0.1) is 21.2 Å². The minimum atomic E-state index is -0.112. The summed E-state index contributed by atoms with van der Waals surface area (Å²) in [5.74, 6) is -0.112. The highest BCUT2D eigenvalue weighted by Crippen LogP contribution is 2.37. The number of halogens is 2. The molecule has 0 fully saturated rings. The number of nitrogens with one attached hydrogen (secondary N) is 1. The first-order valence-corrected chi connectivity index (χ1v) is 10.7. The molecular weight excluding hydrogens is 429 g/mol. The lowest BCUT2D eigenvalue weighted by Gasteiger charge is -2.13. The van der Waals surface area contributed by atoms with E-state index < -0.39 is 0 Å². The van der Waals surface area contributed by atoms with Crippen LogP contribution in [-0.2, 0) is 6.42 Å². The number of fused-ring (bicyclic) bond motifs is 1. The van der Waals surface area contributed by atoms with Crippen molar-refractivity contribution in [2.24, 2.45) is 0 Å². The average Bonchev–Trinajstić information content (AvgIpc) is 2.76. The Labute approximate surface area is 192 Å². The molecule has 4 rings (SSSR count). The highest BCUT2D eigenvalue weighted by atomic mass is 35.5. The van der Waals surface area contributed by atoms with E-state index in [0.29, 0.717) is 0 Å². The molecule has 0 bridgehead atoms. The summed E-state index contributed by atoms with van der Waals surface area (Å²) in [7, 11) is 4.15. The van der Waals surface area contributed by atoms with Crippen molar-refractivity contribution in [1.82, 2.24) is 9.88 Å². The molecular formula is C25H22Cl2N3O. The predicted molar refractivity (Wildman–Crippen MR) is 130 cm³/mol. The SMILES string of the molecule is CN(C)CCc1cccc(Nc2[c]cnc3ccc(-c4cc(Cl)c(O)c(Cl)c4)cc23)c1. The molecule has 0 saturated heterocycles. The van der Waals surface area contributed by atoms with Crippen molar-refractivity contribution in [1.29, 1.82) is 0 Å². The Hall–Kier alpha value is -2.79. The maximum absolute atomic E-state index is 9.86. The van der Waals surface area contributed by atoms with Gasteiger partial charge in [0.25, 0.3) is 0 Å². The number of phenols is 1. The number of pyridine rings is 1. The molecule has 157 valence electrons. The molecule has 1 aromatic heterocycles. The van der Waals surface area contributed by atoms with Crippen LogP contribution in [0.4, 0.5) is 11.4 Å². The predicted octanol–water partition coefficient (Wildman–Crippen LogP) is 6.56. The fourth-order valence-electron chi connectivity index (χ4n) is 3.41. The van der Waals surface area contributed by atoms with E-state index in [1.807, 2.05) is 24.3 Å². The third-order valence-electron chi connectivity index (χ3n) is 5.07. The third kappa shape index (κ3) is 4.93. The van der Waals surface area contributed by atoms with Crippen LogP contribution in [0.3, 0.4) is 0 Å². The van der Waals surface area contributed by atoms with Crippen LogP contribution in [0.15, 0.2) is 60.8 Å². The number of likely N-dealkylation sites (N-methyl/N-ethyl adjacent to an activating group) is 1. The first-order chi connectivity index (χ1) is 14.9. The number of aromatic nitrogens is 1. The van der Waals surface area contributed by atoms with Gasteiger partial charge in [-0.15, -0.1) is 0 Å². The third-order valence-corrected chi connectivity index (χ3v) is 5.65. The van der Waals surface area contributed by atoms with Gasteiger partial charge in [0, 0.05) is 29.9 Å². The standard InChI is InChI=1S/C25H22Cl2N3O/c1-30(2)11-9-16-4-3-5-19(12-16)29-24-8-10-28-23-7-6-17(13-20(23)24)18-14-21(26)25(31)22(27)15-18/h3-7,10,12-15,31H,9,11H2,1-2H3,(H,28,29). The molecule has 0 aliphatic rings. The van der Waals surface area contributed by atoms with Crippen LogP contribution in [-0.4, -0.2) is 35.6 Å². The lowest BCUT2D eigenvalue weighted by atomic mass is 10.0. The second-order valence-corrected chi connectivity index (χ2v) is 8.49. The van der Waals surface area contributed by atoms with Crippen LogP contribution in [0.1, 0.15) is 5.56 Å². The molecule has 0 amide bonds. The zero-order valence-electron chi connectivity index (χ0n) is 17.3. The van der Waals surface area contributed by atoms with Crippen molar-refractivity contribution < 1.29 is 5.11 Å². The van der Waals surface area contributed by atoms with Crippen molar-refractivity contribution in [2.45, 2.75) is 6.42 Å². The minimum absolute atomic E-state index is 0.112. The second kappa shape index (κ2) is 9.15. The van der Waals surface area contributed by atoms with Gasteiger partial charge in [-0.2, -0.15) is 0 Å². The van der Waals surface area contributed by atoms with Crippen LogP contribution in [0, 0.1) is 6.07 Å². The number of hydrogen-bond donors (Lipinski definition) is 2.